The lowest BCUT2D eigenvalue weighted by Crippen LogP contribution is -2.47. The molecule has 0 amide bonds. The van der Waals surface area contributed by atoms with E-state index in [0.29, 0.717) is 5.02 Å². The lowest BCUT2D eigenvalue weighted by Gasteiger charge is -2.39. The van der Waals surface area contributed by atoms with Crippen molar-refractivity contribution < 1.29 is 5.11 Å². The number of aryl methyl sites for hydroxylation is 1. The van der Waals surface area contributed by atoms with E-state index in [1.807, 2.05) is 19.1 Å². The van der Waals surface area contributed by atoms with Gasteiger partial charge in [-0.3, -0.25) is 9.80 Å². The Labute approximate surface area is 196 Å². The second-order valence-electron chi connectivity index (χ2n) is 8.12. The Morgan fingerprint density at radius 1 is 1.03 bits per heavy atom. The molecule has 1 aliphatic rings. The highest BCUT2D eigenvalue weighted by atomic mass is 35.5. The first kappa shape index (κ1) is 21.4. The molecule has 2 aromatic heterocycles. The second-order valence-corrected chi connectivity index (χ2v) is 9.56. The molecule has 0 bridgehead atoms. The highest BCUT2D eigenvalue weighted by Crippen LogP contribution is 2.40. The van der Waals surface area contributed by atoms with Gasteiger partial charge >= 0.3 is 0 Å². The van der Waals surface area contributed by atoms with Crippen LogP contribution in [0.3, 0.4) is 0 Å². The van der Waals surface area contributed by atoms with E-state index in [0.717, 1.165) is 60.4 Å². The predicted octanol–water partition coefficient (Wildman–Crippen LogP) is 4.62. The fourth-order valence-corrected chi connectivity index (χ4v) is 5.57. The summed E-state index contributed by atoms with van der Waals surface area (Å²) < 4.78 is 1.58. The lowest BCUT2D eigenvalue weighted by molar-refractivity contribution is 0.105. The van der Waals surface area contributed by atoms with Crippen LogP contribution in [0.25, 0.3) is 4.96 Å². The molecule has 166 valence electrons. The molecule has 1 saturated heterocycles. The first-order valence-electron chi connectivity index (χ1n) is 11.0. The van der Waals surface area contributed by atoms with Crippen LogP contribution >= 0.6 is 22.9 Å². The quantitative estimate of drug-likeness (QED) is 0.448. The van der Waals surface area contributed by atoms with Crippen LogP contribution in [0.2, 0.25) is 5.02 Å². The van der Waals surface area contributed by atoms with Gasteiger partial charge in [0, 0.05) is 44.2 Å². The van der Waals surface area contributed by atoms with Gasteiger partial charge in [-0.15, -0.1) is 5.10 Å². The molecular weight excluding hydrogens is 442 g/mol. The molecule has 2 aromatic carbocycles. The topological polar surface area (TPSA) is 56.9 Å². The molecule has 0 spiro atoms. The number of benzene rings is 2. The molecule has 0 saturated carbocycles. The average molecular weight is 468 g/mol. The van der Waals surface area contributed by atoms with Crippen molar-refractivity contribution in [2.45, 2.75) is 25.9 Å². The lowest BCUT2D eigenvalue weighted by atomic mass is 10.0. The molecule has 3 heterocycles. The van der Waals surface area contributed by atoms with E-state index in [9.17, 15) is 5.11 Å². The summed E-state index contributed by atoms with van der Waals surface area (Å²) in [7, 11) is 0. The monoisotopic (exact) mass is 467 g/mol. The van der Waals surface area contributed by atoms with Gasteiger partial charge in [-0.05, 0) is 23.3 Å². The van der Waals surface area contributed by atoms with E-state index >= 15 is 0 Å². The van der Waals surface area contributed by atoms with Crippen LogP contribution in [0.15, 0.2) is 54.6 Å². The van der Waals surface area contributed by atoms with Crippen molar-refractivity contribution in [2.24, 2.45) is 0 Å². The fraction of sp³-hybridized carbons (Fsp3) is 0.333. The number of aromatic nitrogens is 3. The van der Waals surface area contributed by atoms with Gasteiger partial charge in [0.25, 0.3) is 0 Å². The molecule has 1 aliphatic heterocycles. The van der Waals surface area contributed by atoms with Gasteiger partial charge in [-0.1, -0.05) is 72.3 Å². The van der Waals surface area contributed by atoms with E-state index < -0.39 is 0 Å². The summed E-state index contributed by atoms with van der Waals surface area (Å²) in [6.45, 7) is 6.74. The van der Waals surface area contributed by atoms with E-state index in [4.69, 9.17) is 11.6 Å². The number of rotatable bonds is 6. The third kappa shape index (κ3) is 4.26. The maximum absolute atomic E-state index is 11.1. The van der Waals surface area contributed by atoms with Crippen molar-refractivity contribution in [1.29, 1.82) is 0 Å². The average Bonchev–Trinajstić information content (AvgIpc) is 3.36. The molecule has 6 nitrogen and oxygen atoms in total. The van der Waals surface area contributed by atoms with Crippen molar-refractivity contribution in [3.8, 4) is 5.88 Å². The van der Waals surface area contributed by atoms with E-state index in [1.165, 1.54) is 16.9 Å². The molecule has 5 rings (SSSR count). The Balaban J connectivity index is 1.42. The van der Waals surface area contributed by atoms with Crippen LogP contribution in [0, 0.1) is 0 Å². The summed E-state index contributed by atoms with van der Waals surface area (Å²) in [5, 5.41) is 16.2. The van der Waals surface area contributed by atoms with Crippen molar-refractivity contribution in [2.75, 3.05) is 26.2 Å². The number of hydrogen-bond donors (Lipinski definition) is 1. The third-order valence-electron chi connectivity index (χ3n) is 6.01. The summed E-state index contributed by atoms with van der Waals surface area (Å²) in [4.78, 5) is 11.1. The first-order chi connectivity index (χ1) is 15.6. The maximum atomic E-state index is 11.1. The van der Waals surface area contributed by atoms with Crippen LogP contribution in [0.4, 0.5) is 0 Å². The summed E-state index contributed by atoms with van der Waals surface area (Å²) >= 11 is 7.68. The minimum atomic E-state index is -0.0651. The Kier molecular flexibility index (Phi) is 6.15. The number of halogens is 1. The summed E-state index contributed by atoms with van der Waals surface area (Å²) in [5.74, 6) is 0.930. The van der Waals surface area contributed by atoms with Crippen molar-refractivity contribution >= 4 is 27.9 Å². The third-order valence-corrected chi connectivity index (χ3v) is 7.34. The first-order valence-corrected chi connectivity index (χ1v) is 12.1. The van der Waals surface area contributed by atoms with Crippen LogP contribution in [-0.4, -0.2) is 55.7 Å². The fourth-order valence-electron chi connectivity index (χ4n) is 4.31. The second kappa shape index (κ2) is 9.19. The van der Waals surface area contributed by atoms with Crippen LogP contribution in [0.5, 0.6) is 5.88 Å². The normalized spacial score (nSPS) is 16.6. The van der Waals surface area contributed by atoms with Gasteiger partial charge in [0.2, 0.25) is 10.8 Å². The molecular formula is C24H26ClN5OS. The summed E-state index contributed by atoms with van der Waals surface area (Å²) in [6.07, 6.45) is 0.743. The van der Waals surface area contributed by atoms with E-state index in [-0.39, 0.29) is 11.9 Å². The van der Waals surface area contributed by atoms with Crippen molar-refractivity contribution in [1.82, 2.24) is 24.4 Å². The number of hydrogen-bond acceptors (Lipinski definition) is 6. The van der Waals surface area contributed by atoms with Gasteiger partial charge in [-0.25, -0.2) is 4.98 Å². The Morgan fingerprint density at radius 3 is 2.41 bits per heavy atom. The summed E-state index contributed by atoms with van der Waals surface area (Å²) in [6, 6.07) is 18.5. The zero-order valence-corrected chi connectivity index (χ0v) is 19.6. The number of fused-ring (bicyclic) bond motifs is 1. The van der Waals surface area contributed by atoms with Crippen LogP contribution in [-0.2, 0) is 13.0 Å². The number of nitrogens with zero attached hydrogens (tertiary/aromatic N) is 5. The number of aromatic hydroxyl groups is 1. The van der Waals surface area contributed by atoms with Crippen molar-refractivity contribution in [3.05, 3.63) is 81.4 Å². The Morgan fingerprint density at radius 2 is 1.75 bits per heavy atom. The van der Waals surface area contributed by atoms with Crippen LogP contribution in [0.1, 0.15) is 34.8 Å². The molecule has 1 N–H and O–H groups in total. The van der Waals surface area contributed by atoms with Gasteiger partial charge in [-0.2, -0.15) is 4.52 Å². The van der Waals surface area contributed by atoms with Gasteiger partial charge in [0.1, 0.15) is 0 Å². The largest absolute Gasteiger partial charge is 0.492 e. The maximum Gasteiger partial charge on any atom is 0.230 e. The Hall–Kier alpha value is -2.45. The number of piperazine rings is 1. The molecule has 0 unspecified atom stereocenters. The van der Waals surface area contributed by atoms with Crippen LogP contribution < -0.4 is 0 Å². The molecule has 4 aromatic rings. The van der Waals surface area contributed by atoms with Gasteiger partial charge in [0.05, 0.1) is 10.9 Å². The number of thiazole rings is 1. The highest BCUT2D eigenvalue weighted by molar-refractivity contribution is 7.17. The molecule has 0 radical (unpaired) electrons. The Bertz CT molecular complexity index is 1180. The standard InChI is InChI=1S/C24H26ClN5OS/c1-2-20-26-24-30(27-20)23(31)22(32-24)21(18-8-10-19(25)11-9-18)29-14-12-28(13-15-29)16-17-6-4-3-5-7-17/h3-11,21,31H,2,12-16H2,1H3/t21-/m0/s1. The van der Waals surface area contributed by atoms with E-state index in [2.05, 4.69) is 62.3 Å². The molecule has 1 atom stereocenters. The smallest absolute Gasteiger partial charge is 0.230 e. The highest BCUT2D eigenvalue weighted by Gasteiger charge is 2.31. The summed E-state index contributed by atoms with van der Waals surface area (Å²) in [5.41, 5.74) is 2.45. The van der Waals surface area contributed by atoms with Gasteiger partial charge < -0.3 is 5.11 Å². The van der Waals surface area contributed by atoms with E-state index in [1.54, 1.807) is 4.52 Å². The minimum absolute atomic E-state index is 0.0651. The zero-order chi connectivity index (χ0) is 22.1. The molecule has 32 heavy (non-hydrogen) atoms. The zero-order valence-electron chi connectivity index (χ0n) is 18.0. The molecule has 0 aliphatic carbocycles. The van der Waals surface area contributed by atoms with Crippen molar-refractivity contribution in [3.63, 3.8) is 0 Å². The molecule has 8 heteroatoms. The SMILES string of the molecule is CCc1nc2sc([C@H](c3ccc(Cl)cc3)N3CCN(Cc4ccccc4)CC3)c(O)n2n1. The predicted molar refractivity (Wildman–Crippen MR) is 128 cm³/mol. The minimum Gasteiger partial charge on any atom is -0.492 e. The molecule has 1 fully saturated rings. The van der Waals surface area contributed by atoms with Gasteiger partial charge in [0.15, 0.2) is 5.82 Å².